The summed E-state index contributed by atoms with van der Waals surface area (Å²) in [6.45, 7) is 4.51. The molecule has 0 N–H and O–H groups in total. The van der Waals surface area contributed by atoms with E-state index in [4.69, 9.17) is 9.47 Å². The summed E-state index contributed by atoms with van der Waals surface area (Å²) in [4.78, 5) is 4.13. The van der Waals surface area contributed by atoms with E-state index in [9.17, 15) is 5.26 Å². The van der Waals surface area contributed by atoms with Gasteiger partial charge in [-0.25, -0.2) is 4.98 Å². The normalized spacial score (nSPS) is 9.85. The smallest absolute Gasteiger partial charge is 0.237 e. The van der Waals surface area contributed by atoms with Crippen molar-refractivity contribution in [3.05, 3.63) is 47.7 Å². The van der Waals surface area contributed by atoms with Gasteiger partial charge in [-0.15, -0.1) is 0 Å². The average Bonchev–Trinajstić information content (AvgIpc) is 2.47. The van der Waals surface area contributed by atoms with Gasteiger partial charge < -0.3 is 9.47 Å². The number of rotatable bonds is 5. The van der Waals surface area contributed by atoms with E-state index in [-0.39, 0.29) is 0 Å². The van der Waals surface area contributed by atoms with Crippen LogP contribution in [0.15, 0.2) is 36.5 Å². The fourth-order valence-electron chi connectivity index (χ4n) is 1.72. The minimum Gasteiger partial charge on any atom is -0.490 e. The lowest BCUT2D eigenvalue weighted by atomic mass is 10.2. The highest BCUT2D eigenvalue weighted by Gasteiger charge is 2.11. The number of ether oxygens (including phenoxy) is 2. The number of benzene rings is 1. The first-order valence-electron chi connectivity index (χ1n) is 6.51. The molecule has 0 saturated carbocycles. The molecule has 2 rings (SSSR count). The summed E-state index contributed by atoms with van der Waals surface area (Å²) in [6, 6.07) is 11.3. The Balaban J connectivity index is 2.31. The number of hydrogen-bond donors (Lipinski definition) is 0. The van der Waals surface area contributed by atoms with Crippen molar-refractivity contribution in [1.82, 2.24) is 4.98 Å². The number of nitriles is 1. The van der Waals surface area contributed by atoms with E-state index in [0.717, 1.165) is 12.0 Å². The maximum absolute atomic E-state index is 9.19. The van der Waals surface area contributed by atoms with E-state index in [2.05, 4.69) is 11.1 Å². The third-order valence-corrected chi connectivity index (χ3v) is 2.75. The van der Waals surface area contributed by atoms with Crippen molar-refractivity contribution in [3.8, 4) is 23.4 Å². The Labute approximate surface area is 118 Å². The highest BCUT2D eigenvalue weighted by atomic mass is 16.5. The van der Waals surface area contributed by atoms with E-state index in [1.165, 1.54) is 0 Å². The van der Waals surface area contributed by atoms with Gasteiger partial charge in [0, 0.05) is 6.20 Å². The van der Waals surface area contributed by atoms with Crippen LogP contribution in [0.25, 0.3) is 0 Å². The summed E-state index contributed by atoms with van der Waals surface area (Å²) < 4.78 is 11.4. The maximum Gasteiger partial charge on any atom is 0.237 e. The molecule has 1 heterocycles. The van der Waals surface area contributed by atoms with Crippen molar-refractivity contribution in [2.45, 2.75) is 20.3 Å². The van der Waals surface area contributed by atoms with Gasteiger partial charge in [0.25, 0.3) is 0 Å². The van der Waals surface area contributed by atoms with Crippen LogP contribution in [0.1, 0.15) is 24.5 Å². The molecule has 1 aromatic heterocycles. The molecule has 0 bridgehead atoms. The summed E-state index contributed by atoms with van der Waals surface area (Å²) in [6.07, 6.45) is 2.54. The molecular formula is C16H16N2O2. The molecule has 0 radical (unpaired) electrons. The molecule has 4 nitrogen and oxygen atoms in total. The average molecular weight is 268 g/mol. The van der Waals surface area contributed by atoms with Gasteiger partial charge in [-0.05, 0) is 37.1 Å². The van der Waals surface area contributed by atoms with Crippen molar-refractivity contribution < 1.29 is 9.47 Å². The molecule has 0 atom stereocenters. The summed E-state index contributed by atoms with van der Waals surface area (Å²) in [5.41, 5.74) is 1.28. The van der Waals surface area contributed by atoms with Gasteiger partial charge in [0.15, 0.2) is 11.5 Å². The first-order chi connectivity index (χ1) is 9.76. The first kappa shape index (κ1) is 13.9. The second-order valence-electron chi connectivity index (χ2n) is 4.32. The number of nitrogens with zero attached hydrogens (tertiary/aromatic N) is 2. The van der Waals surface area contributed by atoms with Crippen LogP contribution in [-0.4, -0.2) is 11.6 Å². The van der Waals surface area contributed by atoms with Gasteiger partial charge in [0.05, 0.1) is 6.61 Å². The quantitative estimate of drug-likeness (QED) is 0.826. The molecular weight excluding hydrogens is 252 g/mol. The number of pyridine rings is 1. The van der Waals surface area contributed by atoms with Crippen LogP contribution in [0.2, 0.25) is 0 Å². The zero-order valence-electron chi connectivity index (χ0n) is 11.6. The Bertz CT molecular complexity index is 633. The molecule has 0 saturated heterocycles. The SMILES string of the molecule is CCCOc1ccccc1Oc1nccc(C)c1C#N. The fraction of sp³-hybridized carbons (Fsp3) is 0.250. The van der Waals surface area contributed by atoms with E-state index >= 15 is 0 Å². The van der Waals surface area contributed by atoms with Crippen LogP contribution in [-0.2, 0) is 0 Å². The summed E-state index contributed by atoms with van der Waals surface area (Å²) in [5, 5.41) is 9.19. The van der Waals surface area contributed by atoms with Gasteiger partial charge in [-0.3, -0.25) is 0 Å². The zero-order chi connectivity index (χ0) is 14.4. The predicted octanol–water partition coefficient (Wildman–Crippen LogP) is 3.84. The van der Waals surface area contributed by atoms with Gasteiger partial charge >= 0.3 is 0 Å². The lowest BCUT2D eigenvalue weighted by Gasteiger charge is -2.12. The Morgan fingerprint density at radius 3 is 2.65 bits per heavy atom. The topological polar surface area (TPSA) is 55.1 Å². The van der Waals surface area contributed by atoms with Gasteiger partial charge in [-0.2, -0.15) is 5.26 Å². The lowest BCUT2D eigenvalue weighted by Crippen LogP contribution is -1.99. The van der Waals surface area contributed by atoms with E-state index in [0.29, 0.717) is 29.5 Å². The monoisotopic (exact) mass is 268 g/mol. The Hall–Kier alpha value is -2.54. The molecule has 0 amide bonds. The number of para-hydroxylation sites is 2. The predicted molar refractivity (Wildman–Crippen MR) is 76.0 cm³/mol. The van der Waals surface area contributed by atoms with E-state index in [1.54, 1.807) is 18.3 Å². The zero-order valence-corrected chi connectivity index (χ0v) is 11.6. The Morgan fingerprint density at radius 2 is 1.95 bits per heavy atom. The van der Waals surface area contributed by atoms with Crippen LogP contribution in [0.3, 0.4) is 0 Å². The highest BCUT2D eigenvalue weighted by molar-refractivity contribution is 5.48. The summed E-state index contributed by atoms with van der Waals surface area (Å²) in [7, 11) is 0. The summed E-state index contributed by atoms with van der Waals surface area (Å²) in [5.74, 6) is 1.53. The highest BCUT2D eigenvalue weighted by Crippen LogP contribution is 2.32. The van der Waals surface area contributed by atoms with Crippen molar-refractivity contribution in [1.29, 1.82) is 5.26 Å². The molecule has 0 aliphatic heterocycles. The minimum atomic E-state index is 0.306. The number of aromatic nitrogens is 1. The fourth-order valence-corrected chi connectivity index (χ4v) is 1.72. The Kier molecular flexibility index (Phi) is 4.56. The van der Waals surface area contributed by atoms with Crippen molar-refractivity contribution >= 4 is 0 Å². The minimum absolute atomic E-state index is 0.306. The van der Waals surface area contributed by atoms with Crippen LogP contribution < -0.4 is 9.47 Å². The molecule has 1 aromatic carbocycles. The molecule has 0 fully saturated rings. The second kappa shape index (κ2) is 6.58. The Morgan fingerprint density at radius 1 is 1.20 bits per heavy atom. The number of aryl methyl sites for hydroxylation is 1. The molecule has 0 spiro atoms. The van der Waals surface area contributed by atoms with E-state index in [1.807, 2.05) is 32.0 Å². The van der Waals surface area contributed by atoms with Gasteiger partial charge in [0.1, 0.15) is 11.6 Å². The van der Waals surface area contributed by atoms with Crippen molar-refractivity contribution in [3.63, 3.8) is 0 Å². The largest absolute Gasteiger partial charge is 0.490 e. The van der Waals surface area contributed by atoms with Crippen LogP contribution in [0.5, 0.6) is 17.4 Å². The molecule has 2 aromatic rings. The molecule has 20 heavy (non-hydrogen) atoms. The third kappa shape index (κ3) is 3.07. The molecule has 0 unspecified atom stereocenters. The third-order valence-electron chi connectivity index (χ3n) is 2.75. The molecule has 102 valence electrons. The maximum atomic E-state index is 9.19. The summed E-state index contributed by atoms with van der Waals surface area (Å²) >= 11 is 0. The standard InChI is InChI=1S/C16H16N2O2/c1-3-10-19-14-6-4-5-7-15(14)20-16-13(11-17)12(2)8-9-18-16/h4-9H,3,10H2,1-2H3. The van der Waals surface area contributed by atoms with Gasteiger partial charge in [0.2, 0.25) is 5.88 Å². The van der Waals surface area contributed by atoms with E-state index < -0.39 is 0 Å². The van der Waals surface area contributed by atoms with Gasteiger partial charge in [-0.1, -0.05) is 19.1 Å². The number of hydrogen-bond acceptors (Lipinski definition) is 4. The van der Waals surface area contributed by atoms with Crippen LogP contribution >= 0.6 is 0 Å². The first-order valence-corrected chi connectivity index (χ1v) is 6.51. The van der Waals surface area contributed by atoms with Crippen molar-refractivity contribution in [2.24, 2.45) is 0 Å². The van der Waals surface area contributed by atoms with Crippen molar-refractivity contribution in [2.75, 3.05) is 6.61 Å². The van der Waals surface area contributed by atoms with Crippen LogP contribution in [0, 0.1) is 18.3 Å². The van der Waals surface area contributed by atoms with Crippen LogP contribution in [0.4, 0.5) is 0 Å². The molecule has 0 aliphatic rings. The molecule has 0 aliphatic carbocycles. The lowest BCUT2D eigenvalue weighted by molar-refractivity contribution is 0.300. The second-order valence-corrected chi connectivity index (χ2v) is 4.32. The molecule has 4 heteroatoms.